The maximum absolute atomic E-state index is 13.3. The van der Waals surface area contributed by atoms with Crippen molar-refractivity contribution < 1.29 is 9.13 Å². The largest absolute Gasteiger partial charge is 0.489 e. The summed E-state index contributed by atoms with van der Waals surface area (Å²) in [7, 11) is 0. The van der Waals surface area contributed by atoms with Crippen molar-refractivity contribution in [2.24, 2.45) is 0 Å². The summed E-state index contributed by atoms with van der Waals surface area (Å²) in [5, 5.41) is 15.2. The van der Waals surface area contributed by atoms with Crippen molar-refractivity contribution in [3.63, 3.8) is 0 Å². The summed E-state index contributed by atoms with van der Waals surface area (Å²) in [6.45, 7) is 0.513. The van der Waals surface area contributed by atoms with Crippen LogP contribution in [0.2, 0.25) is 0 Å². The zero-order chi connectivity index (χ0) is 20.3. The van der Waals surface area contributed by atoms with Crippen LogP contribution in [0, 0.1) is 5.82 Å². The van der Waals surface area contributed by atoms with Crippen LogP contribution in [0.5, 0.6) is 5.75 Å². The molecule has 0 aliphatic carbocycles. The highest BCUT2D eigenvalue weighted by Gasteiger charge is 2.24. The first-order valence-electron chi connectivity index (χ1n) is 9.55. The Morgan fingerprint density at radius 3 is 2.47 bits per heavy atom. The van der Waals surface area contributed by atoms with E-state index in [-0.39, 0.29) is 11.9 Å². The van der Waals surface area contributed by atoms with E-state index in [9.17, 15) is 4.39 Å². The molecule has 1 aliphatic heterocycles. The molecule has 0 amide bonds. The maximum Gasteiger partial charge on any atom is 0.248 e. The van der Waals surface area contributed by atoms with E-state index in [2.05, 4.69) is 20.8 Å². The van der Waals surface area contributed by atoms with Crippen LogP contribution in [0.4, 0.5) is 10.3 Å². The van der Waals surface area contributed by atoms with Gasteiger partial charge in [0, 0.05) is 5.70 Å². The Hall–Kier alpha value is -4.00. The molecule has 0 unspecified atom stereocenters. The van der Waals surface area contributed by atoms with Gasteiger partial charge in [-0.1, -0.05) is 47.6 Å². The quantitative estimate of drug-likeness (QED) is 0.537. The van der Waals surface area contributed by atoms with Gasteiger partial charge >= 0.3 is 0 Å². The lowest BCUT2D eigenvalue weighted by atomic mass is 10.0. The van der Waals surface area contributed by atoms with Gasteiger partial charge in [0.1, 0.15) is 24.2 Å². The summed E-state index contributed by atoms with van der Waals surface area (Å²) in [6.07, 6.45) is 2.02. The Morgan fingerprint density at radius 1 is 0.933 bits per heavy atom. The molecule has 3 aromatic carbocycles. The highest BCUT2D eigenvalue weighted by atomic mass is 19.1. The van der Waals surface area contributed by atoms with Gasteiger partial charge in [0.15, 0.2) is 0 Å². The average molecular weight is 399 g/mol. The molecule has 0 saturated carbocycles. The van der Waals surface area contributed by atoms with Gasteiger partial charge in [-0.25, -0.2) is 4.39 Å². The third kappa shape index (κ3) is 3.65. The van der Waals surface area contributed by atoms with Crippen LogP contribution in [0.15, 0.2) is 84.9 Å². The van der Waals surface area contributed by atoms with Crippen LogP contribution in [-0.4, -0.2) is 20.2 Å². The van der Waals surface area contributed by atoms with Crippen molar-refractivity contribution in [3.05, 3.63) is 107 Å². The second-order valence-corrected chi connectivity index (χ2v) is 6.95. The summed E-state index contributed by atoms with van der Waals surface area (Å²) in [5.74, 6) is 1.05. The first-order chi connectivity index (χ1) is 14.8. The van der Waals surface area contributed by atoms with Crippen LogP contribution in [0.3, 0.4) is 0 Å². The molecule has 0 spiro atoms. The number of rotatable bonds is 5. The molecule has 7 heteroatoms. The zero-order valence-electron chi connectivity index (χ0n) is 15.9. The molecule has 2 heterocycles. The molecular formula is C23H18FN5O. The molecule has 1 N–H and O–H groups in total. The fraction of sp³-hybridized carbons (Fsp3) is 0.0870. The third-order valence-electron chi connectivity index (χ3n) is 4.95. The van der Waals surface area contributed by atoms with Crippen LogP contribution in [0.1, 0.15) is 22.7 Å². The first kappa shape index (κ1) is 18.1. The number of fused-ring (bicyclic) bond motifs is 1. The lowest BCUT2D eigenvalue weighted by Crippen LogP contribution is -2.20. The number of aromatic nitrogens is 4. The number of tetrazole rings is 1. The van der Waals surface area contributed by atoms with Gasteiger partial charge in [0.25, 0.3) is 0 Å². The van der Waals surface area contributed by atoms with E-state index in [1.54, 1.807) is 16.8 Å². The Balaban J connectivity index is 1.40. The maximum atomic E-state index is 13.3. The monoisotopic (exact) mass is 399 g/mol. The summed E-state index contributed by atoms with van der Waals surface area (Å²) < 4.78 is 20.9. The van der Waals surface area contributed by atoms with Gasteiger partial charge in [0.05, 0.1) is 0 Å². The van der Waals surface area contributed by atoms with E-state index in [0.29, 0.717) is 12.6 Å². The summed E-state index contributed by atoms with van der Waals surface area (Å²) in [5.41, 5.74) is 3.81. The first-order valence-corrected chi connectivity index (χ1v) is 9.55. The van der Waals surface area contributed by atoms with Gasteiger partial charge in [-0.3, -0.25) is 0 Å². The van der Waals surface area contributed by atoms with Gasteiger partial charge in [0.2, 0.25) is 5.95 Å². The molecule has 4 aromatic rings. The van der Waals surface area contributed by atoms with Crippen LogP contribution < -0.4 is 10.1 Å². The van der Waals surface area contributed by atoms with Gasteiger partial charge in [-0.15, -0.1) is 0 Å². The smallest absolute Gasteiger partial charge is 0.248 e. The summed E-state index contributed by atoms with van der Waals surface area (Å²) in [6, 6.07) is 24.0. The molecule has 30 heavy (non-hydrogen) atoms. The number of nitrogens with zero attached hydrogens (tertiary/aromatic N) is 4. The van der Waals surface area contributed by atoms with Crippen LogP contribution in [0.25, 0.3) is 5.70 Å². The number of anilines is 1. The Bertz CT molecular complexity index is 1170. The molecule has 1 aromatic heterocycles. The minimum Gasteiger partial charge on any atom is -0.489 e. The number of halogens is 1. The van der Waals surface area contributed by atoms with Crippen molar-refractivity contribution in [1.82, 2.24) is 20.2 Å². The Labute approximate surface area is 172 Å². The molecule has 1 atom stereocenters. The van der Waals surface area contributed by atoms with Gasteiger partial charge < -0.3 is 10.1 Å². The molecule has 0 saturated heterocycles. The minimum atomic E-state index is -0.275. The molecule has 5 rings (SSSR count). The van der Waals surface area contributed by atoms with Crippen molar-refractivity contribution in [2.75, 3.05) is 5.32 Å². The molecular weight excluding hydrogens is 381 g/mol. The Kier molecular flexibility index (Phi) is 4.69. The zero-order valence-corrected chi connectivity index (χ0v) is 15.9. The normalized spacial score (nSPS) is 15.1. The van der Waals surface area contributed by atoms with Crippen molar-refractivity contribution in [1.29, 1.82) is 0 Å². The predicted molar refractivity (Wildman–Crippen MR) is 111 cm³/mol. The number of benzene rings is 3. The SMILES string of the molecule is Fc1ccc(C2=C[C@@H](c3ccc(OCc4ccccc4)cc3)n3nnnc3N2)cc1. The molecule has 0 bridgehead atoms. The third-order valence-corrected chi connectivity index (χ3v) is 4.95. The number of allylic oxidation sites excluding steroid dienone is 1. The number of ether oxygens (including phenoxy) is 1. The second kappa shape index (κ2) is 7.79. The van der Waals surface area contributed by atoms with E-state index in [4.69, 9.17) is 4.74 Å². The highest BCUT2D eigenvalue weighted by Crippen LogP contribution is 2.32. The van der Waals surface area contributed by atoms with E-state index < -0.39 is 0 Å². The van der Waals surface area contributed by atoms with E-state index >= 15 is 0 Å². The standard InChI is InChI=1S/C23H18FN5O/c24-19-10-6-17(7-11-19)21-14-22(29-23(25-21)26-27-28-29)18-8-12-20(13-9-18)30-15-16-4-2-1-3-5-16/h1-14,22H,15H2,(H,25,26,28)/t22-/m0/s1. The van der Waals surface area contributed by atoms with E-state index in [0.717, 1.165) is 28.1 Å². The Morgan fingerprint density at radius 2 is 1.70 bits per heavy atom. The molecule has 6 nitrogen and oxygen atoms in total. The number of nitrogens with one attached hydrogen (secondary N) is 1. The van der Waals surface area contributed by atoms with E-state index in [1.165, 1.54) is 12.1 Å². The van der Waals surface area contributed by atoms with Crippen LogP contribution in [-0.2, 0) is 6.61 Å². The fourth-order valence-corrected chi connectivity index (χ4v) is 3.39. The van der Waals surface area contributed by atoms with Crippen LogP contribution >= 0.6 is 0 Å². The molecule has 0 radical (unpaired) electrons. The average Bonchev–Trinajstić information content (AvgIpc) is 3.27. The summed E-state index contributed by atoms with van der Waals surface area (Å²) >= 11 is 0. The van der Waals surface area contributed by atoms with Crippen molar-refractivity contribution in [2.45, 2.75) is 12.6 Å². The van der Waals surface area contributed by atoms with Crippen molar-refractivity contribution in [3.8, 4) is 5.75 Å². The van der Waals surface area contributed by atoms with Gasteiger partial charge in [-0.05, 0) is 69.6 Å². The fourth-order valence-electron chi connectivity index (χ4n) is 3.39. The van der Waals surface area contributed by atoms with Gasteiger partial charge in [-0.2, -0.15) is 4.68 Å². The lowest BCUT2D eigenvalue weighted by Gasteiger charge is -2.23. The highest BCUT2D eigenvalue weighted by molar-refractivity contribution is 5.76. The molecule has 148 valence electrons. The molecule has 1 aliphatic rings. The number of hydrogen-bond acceptors (Lipinski definition) is 5. The topological polar surface area (TPSA) is 64.9 Å². The second-order valence-electron chi connectivity index (χ2n) is 6.95. The van der Waals surface area contributed by atoms with Crippen molar-refractivity contribution >= 4 is 11.6 Å². The number of hydrogen-bond donors (Lipinski definition) is 1. The molecule has 0 fully saturated rings. The summed E-state index contributed by atoms with van der Waals surface area (Å²) in [4.78, 5) is 0. The minimum absolute atomic E-state index is 0.195. The predicted octanol–water partition coefficient (Wildman–Crippen LogP) is 4.45. The lowest BCUT2D eigenvalue weighted by molar-refractivity contribution is 0.306. The van der Waals surface area contributed by atoms with E-state index in [1.807, 2.05) is 60.7 Å².